The van der Waals surface area contributed by atoms with Crippen molar-refractivity contribution in [1.82, 2.24) is 25.1 Å². The number of amidine groups is 1. The van der Waals surface area contributed by atoms with Crippen LogP contribution in [0.25, 0.3) is 11.1 Å². The number of carbonyl (C=O) groups excluding carboxylic acids is 2. The Labute approximate surface area is 215 Å². The molecule has 0 radical (unpaired) electrons. The molecular formula is C26H30ClN7O2. The third-order valence-electron chi connectivity index (χ3n) is 5.80. The number of hydrazine groups is 1. The van der Waals surface area contributed by atoms with Gasteiger partial charge in [0.25, 0.3) is 0 Å². The number of rotatable bonds is 7. The van der Waals surface area contributed by atoms with Crippen LogP contribution in [-0.4, -0.2) is 71.1 Å². The summed E-state index contributed by atoms with van der Waals surface area (Å²) in [4.78, 5) is 32.7. The van der Waals surface area contributed by atoms with Crippen molar-refractivity contribution in [1.29, 1.82) is 0 Å². The zero-order chi connectivity index (χ0) is 25.7. The highest BCUT2D eigenvalue weighted by atomic mass is 35.5. The number of benzene rings is 2. The Hall–Kier alpha value is -3.69. The Morgan fingerprint density at radius 3 is 2.69 bits per heavy atom. The van der Waals surface area contributed by atoms with Crippen LogP contribution in [0.4, 0.5) is 5.69 Å². The monoisotopic (exact) mass is 507 g/mol. The number of halogens is 1. The van der Waals surface area contributed by atoms with Crippen LogP contribution in [0.3, 0.4) is 0 Å². The Morgan fingerprint density at radius 1 is 1.17 bits per heavy atom. The minimum atomic E-state index is -0.423. The quantitative estimate of drug-likeness (QED) is 0.479. The molecule has 0 bridgehead atoms. The van der Waals surface area contributed by atoms with Gasteiger partial charge in [-0.1, -0.05) is 41.9 Å². The highest BCUT2D eigenvalue weighted by molar-refractivity contribution is 6.31. The molecule has 1 aromatic heterocycles. The molecule has 2 amide bonds. The normalized spacial score (nSPS) is 16.0. The summed E-state index contributed by atoms with van der Waals surface area (Å²) in [6, 6.07) is 15.0. The summed E-state index contributed by atoms with van der Waals surface area (Å²) in [5.74, 6) is -0.211. The molecule has 0 fully saturated rings. The third kappa shape index (κ3) is 6.50. The van der Waals surface area contributed by atoms with Gasteiger partial charge < -0.3 is 15.6 Å². The lowest BCUT2D eigenvalue weighted by atomic mass is 9.98. The number of aromatic nitrogens is 2. The lowest BCUT2D eigenvalue weighted by Gasteiger charge is -2.25. The fourth-order valence-electron chi connectivity index (χ4n) is 4.13. The van der Waals surface area contributed by atoms with Gasteiger partial charge in [0.1, 0.15) is 12.4 Å². The molecule has 2 heterocycles. The van der Waals surface area contributed by atoms with Gasteiger partial charge in [0.15, 0.2) is 0 Å². The zero-order valence-electron chi connectivity index (χ0n) is 20.6. The molecule has 1 atom stereocenters. The third-order valence-corrected chi connectivity index (χ3v) is 6.17. The summed E-state index contributed by atoms with van der Waals surface area (Å²) in [6.45, 7) is 0.424. The van der Waals surface area contributed by atoms with Crippen molar-refractivity contribution >= 4 is 34.9 Å². The molecule has 188 valence electrons. The van der Waals surface area contributed by atoms with Crippen molar-refractivity contribution in [3.8, 4) is 11.1 Å². The van der Waals surface area contributed by atoms with E-state index in [1.54, 1.807) is 20.8 Å². The van der Waals surface area contributed by atoms with E-state index in [4.69, 9.17) is 11.6 Å². The predicted octanol–water partition coefficient (Wildman–Crippen LogP) is 2.84. The van der Waals surface area contributed by atoms with E-state index in [9.17, 15) is 9.59 Å². The summed E-state index contributed by atoms with van der Waals surface area (Å²) in [6.07, 6.45) is 4.13. The fraction of sp³-hybridized carbons (Fsp3) is 0.308. The van der Waals surface area contributed by atoms with Gasteiger partial charge in [-0.05, 0) is 35.7 Å². The largest absolute Gasteiger partial charge is 0.326 e. The second kappa shape index (κ2) is 11.4. The minimum absolute atomic E-state index is 0.0941. The maximum atomic E-state index is 13.5. The lowest BCUT2D eigenvalue weighted by Crippen LogP contribution is -2.47. The molecule has 2 aromatic carbocycles. The highest BCUT2D eigenvalue weighted by Crippen LogP contribution is 2.23. The summed E-state index contributed by atoms with van der Waals surface area (Å²) in [5, 5.41) is 9.51. The average molecular weight is 508 g/mol. The van der Waals surface area contributed by atoms with Crippen molar-refractivity contribution in [2.45, 2.75) is 6.42 Å². The van der Waals surface area contributed by atoms with E-state index in [1.165, 1.54) is 0 Å². The van der Waals surface area contributed by atoms with Crippen molar-refractivity contribution in [3.05, 3.63) is 71.5 Å². The lowest BCUT2D eigenvalue weighted by molar-refractivity contribution is -0.137. The number of nitrogens with zero attached hydrogens (tertiary/aromatic N) is 5. The SMILES string of the molecule is CN(C)NC1=NCC(Cc2ccccc2Cl)C(=O)N(CC(=O)Nc2cccc(-c3cnn(C)c3)c2)C1. The Morgan fingerprint density at radius 2 is 1.97 bits per heavy atom. The van der Waals surface area contributed by atoms with Crippen LogP contribution in [-0.2, 0) is 23.1 Å². The van der Waals surface area contributed by atoms with Crippen molar-refractivity contribution in [2.75, 3.05) is 39.0 Å². The molecule has 36 heavy (non-hydrogen) atoms. The number of hydrogen-bond acceptors (Lipinski definition) is 6. The van der Waals surface area contributed by atoms with Crippen LogP contribution in [0.5, 0.6) is 0 Å². The molecule has 1 aliphatic heterocycles. The molecule has 0 aliphatic carbocycles. The zero-order valence-corrected chi connectivity index (χ0v) is 21.4. The second-order valence-corrected chi connectivity index (χ2v) is 9.42. The summed E-state index contributed by atoms with van der Waals surface area (Å²) in [7, 11) is 5.56. The number of aryl methyl sites for hydroxylation is 1. The van der Waals surface area contributed by atoms with Crippen molar-refractivity contribution < 1.29 is 9.59 Å². The number of anilines is 1. The Balaban J connectivity index is 1.49. The maximum Gasteiger partial charge on any atom is 0.244 e. The number of nitrogens with one attached hydrogen (secondary N) is 2. The smallest absolute Gasteiger partial charge is 0.244 e. The summed E-state index contributed by atoms with van der Waals surface area (Å²) < 4.78 is 1.73. The van der Waals surface area contributed by atoms with E-state index < -0.39 is 5.92 Å². The molecule has 1 unspecified atom stereocenters. The van der Waals surface area contributed by atoms with Crippen LogP contribution in [0.15, 0.2) is 65.9 Å². The predicted molar refractivity (Wildman–Crippen MR) is 142 cm³/mol. The Kier molecular flexibility index (Phi) is 8.02. The second-order valence-electron chi connectivity index (χ2n) is 9.01. The van der Waals surface area contributed by atoms with E-state index in [2.05, 4.69) is 20.8 Å². The first-order valence-corrected chi connectivity index (χ1v) is 12.0. The molecule has 4 rings (SSSR count). The number of hydrogen-bond donors (Lipinski definition) is 2. The van der Waals surface area contributed by atoms with E-state index in [-0.39, 0.29) is 24.9 Å². The van der Waals surface area contributed by atoms with E-state index in [0.717, 1.165) is 16.7 Å². The highest BCUT2D eigenvalue weighted by Gasteiger charge is 2.30. The van der Waals surface area contributed by atoms with Crippen LogP contribution in [0.2, 0.25) is 5.02 Å². The van der Waals surface area contributed by atoms with Gasteiger partial charge in [-0.25, -0.2) is 5.01 Å². The molecule has 0 spiro atoms. The van der Waals surface area contributed by atoms with Crippen LogP contribution in [0, 0.1) is 5.92 Å². The van der Waals surface area contributed by atoms with Gasteiger partial charge in [-0.3, -0.25) is 19.3 Å². The molecule has 1 aliphatic rings. The van der Waals surface area contributed by atoms with Gasteiger partial charge in [0, 0.05) is 43.6 Å². The molecule has 10 heteroatoms. The fourth-order valence-corrected chi connectivity index (χ4v) is 4.34. The number of aliphatic imine (C=N–C) groups is 1. The standard InChI is InChI=1S/C26H30ClN7O2/c1-32(2)31-24-16-34(26(36)20(13-28-24)11-19-7-4-5-10-23(19)27)17-25(35)30-22-9-6-8-18(12-22)21-14-29-33(3)15-21/h4-10,12,14-15,20H,11,13,16-17H2,1-3H3,(H,28,31)(H,30,35). The van der Waals surface area contributed by atoms with Crippen LogP contribution >= 0.6 is 11.6 Å². The molecule has 0 saturated heterocycles. The Bertz CT molecular complexity index is 1270. The molecular weight excluding hydrogens is 478 g/mol. The van der Waals surface area contributed by atoms with Gasteiger partial charge in [0.2, 0.25) is 11.8 Å². The first-order valence-electron chi connectivity index (χ1n) is 11.7. The first-order chi connectivity index (χ1) is 17.3. The van der Waals surface area contributed by atoms with Crippen LogP contribution in [0.1, 0.15) is 5.56 Å². The van der Waals surface area contributed by atoms with Crippen molar-refractivity contribution in [3.63, 3.8) is 0 Å². The number of carbonyl (C=O) groups is 2. The van der Waals surface area contributed by atoms with E-state index in [1.807, 2.05) is 75.9 Å². The first kappa shape index (κ1) is 25.4. The maximum absolute atomic E-state index is 13.5. The number of amides is 2. The van der Waals surface area contributed by atoms with Crippen LogP contribution < -0.4 is 10.7 Å². The van der Waals surface area contributed by atoms with E-state index in [0.29, 0.717) is 29.5 Å². The summed E-state index contributed by atoms with van der Waals surface area (Å²) in [5.41, 5.74) is 6.57. The average Bonchev–Trinajstić information content (AvgIpc) is 3.22. The molecule has 9 nitrogen and oxygen atoms in total. The molecule has 2 N–H and O–H groups in total. The topological polar surface area (TPSA) is 94.9 Å². The van der Waals surface area contributed by atoms with Gasteiger partial charge in [-0.15, -0.1) is 0 Å². The minimum Gasteiger partial charge on any atom is -0.326 e. The summed E-state index contributed by atoms with van der Waals surface area (Å²) >= 11 is 6.35. The van der Waals surface area contributed by atoms with Gasteiger partial charge in [0.05, 0.1) is 25.2 Å². The van der Waals surface area contributed by atoms with Crippen molar-refractivity contribution in [2.24, 2.45) is 18.0 Å². The molecule has 3 aromatic rings. The molecule has 0 saturated carbocycles. The van der Waals surface area contributed by atoms with Gasteiger partial charge >= 0.3 is 0 Å². The van der Waals surface area contributed by atoms with Gasteiger partial charge in [-0.2, -0.15) is 5.10 Å². The van der Waals surface area contributed by atoms with E-state index >= 15 is 0 Å².